The van der Waals surface area contributed by atoms with Crippen molar-refractivity contribution in [2.24, 2.45) is 5.10 Å². The van der Waals surface area contributed by atoms with Crippen molar-refractivity contribution >= 4 is 39.4 Å². The van der Waals surface area contributed by atoms with Gasteiger partial charge in [-0.3, -0.25) is 14.9 Å². The number of amides is 1. The molecule has 4 rings (SSSR count). The number of nitro benzene ring substituents is 1. The highest BCUT2D eigenvalue weighted by atomic mass is 35.5. The minimum atomic E-state index is -3.91. The first-order chi connectivity index (χ1) is 15.3. The van der Waals surface area contributed by atoms with Gasteiger partial charge in [-0.05, 0) is 43.2 Å². The van der Waals surface area contributed by atoms with Gasteiger partial charge in [0.15, 0.2) is 11.5 Å². The van der Waals surface area contributed by atoms with Crippen LogP contribution in [0.15, 0.2) is 46.4 Å². The fourth-order valence-electron chi connectivity index (χ4n) is 3.48. The van der Waals surface area contributed by atoms with Crippen LogP contribution in [0.1, 0.15) is 18.4 Å². The van der Waals surface area contributed by atoms with Gasteiger partial charge in [0.25, 0.3) is 11.6 Å². The summed E-state index contributed by atoms with van der Waals surface area (Å²) in [7, 11) is -3.91. The van der Waals surface area contributed by atoms with E-state index in [4.69, 9.17) is 21.1 Å². The molecule has 2 aliphatic rings. The molecule has 11 nitrogen and oxygen atoms in total. The van der Waals surface area contributed by atoms with E-state index in [2.05, 4.69) is 10.5 Å². The molecule has 0 spiro atoms. The molecule has 0 unspecified atom stereocenters. The van der Waals surface area contributed by atoms with Crippen molar-refractivity contribution in [3.05, 3.63) is 57.1 Å². The van der Waals surface area contributed by atoms with Gasteiger partial charge in [-0.1, -0.05) is 11.6 Å². The van der Waals surface area contributed by atoms with Gasteiger partial charge in [-0.15, -0.1) is 0 Å². The number of halogens is 1. The fraction of sp³-hybridized carbons (Fsp3) is 0.263. The zero-order valence-corrected chi connectivity index (χ0v) is 18.0. The highest BCUT2D eigenvalue weighted by Gasteiger charge is 2.39. The predicted octanol–water partition coefficient (Wildman–Crippen LogP) is 2.28. The molecule has 1 fully saturated rings. The molecule has 32 heavy (non-hydrogen) atoms. The Hall–Kier alpha value is -3.22. The second kappa shape index (κ2) is 8.73. The molecule has 1 saturated heterocycles. The van der Waals surface area contributed by atoms with Gasteiger partial charge in [0.1, 0.15) is 6.04 Å². The van der Waals surface area contributed by atoms with Crippen LogP contribution in [0.4, 0.5) is 5.69 Å². The SMILES string of the molecule is O=C(N/N=C\c1cc2c(cc1[N+](=O)[O-])OCO2)[C@H]1CCCN1S(=O)(=O)c1ccc(Cl)cc1. The molecule has 0 bridgehead atoms. The molecular weight excluding hydrogens is 464 g/mol. The van der Waals surface area contributed by atoms with Crippen molar-refractivity contribution in [2.75, 3.05) is 13.3 Å². The maximum absolute atomic E-state index is 12.9. The van der Waals surface area contributed by atoms with E-state index >= 15 is 0 Å². The van der Waals surface area contributed by atoms with Crippen LogP contribution in [0.5, 0.6) is 11.5 Å². The first kappa shape index (κ1) is 22.0. The maximum atomic E-state index is 12.9. The number of fused-ring (bicyclic) bond motifs is 1. The molecule has 2 aromatic carbocycles. The van der Waals surface area contributed by atoms with Crippen molar-refractivity contribution in [1.29, 1.82) is 0 Å². The van der Waals surface area contributed by atoms with Crippen LogP contribution in [0, 0.1) is 10.1 Å². The molecule has 0 saturated carbocycles. The molecular formula is C19H17ClN4O7S. The number of hydrogen-bond acceptors (Lipinski definition) is 8. The largest absolute Gasteiger partial charge is 0.454 e. The molecule has 0 aromatic heterocycles. The third-order valence-corrected chi connectivity index (χ3v) is 7.20. The number of sulfonamides is 1. The van der Waals surface area contributed by atoms with Crippen molar-refractivity contribution in [3.8, 4) is 11.5 Å². The van der Waals surface area contributed by atoms with E-state index in [0.717, 1.165) is 10.5 Å². The number of hydrogen-bond donors (Lipinski definition) is 1. The average Bonchev–Trinajstić information content (AvgIpc) is 3.43. The third kappa shape index (κ3) is 4.24. The molecule has 168 valence electrons. The Kier molecular flexibility index (Phi) is 6.00. The fourth-order valence-corrected chi connectivity index (χ4v) is 5.26. The molecule has 1 amide bonds. The van der Waals surface area contributed by atoms with E-state index in [1.54, 1.807) is 0 Å². The standard InChI is InChI=1S/C19H17ClN4O7S/c20-13-3-5-14(6-4-13)32(28,29)23-7-1-2-15(23)19(25)22-21-10-12-8-17-18(31-11-30-17)9-16(12)24(26)27/h3-6,8-10,15H,1-2,7,11H2,(H,22,25)/b21-10-/t15-/m1/s1. The maximum Gasteiger partial charge on any atom is 0.282 e. The number of hydrazone groups is 1. The zero-order chi connectivity index (χ0) is 22.9. The minimum absolute atomic E-state index is 0.0288. The van der Waals surface area contributed by atoms with Crippen LogP contribution < -0.4 is 14.9 Å². The molecule has 0 radical (unpaired) electrons. The first-order valence-electron chi connectivity index (χ1n) is 9.46. The molecule has 1 N–H and O–H groups in total. The molecule has 2 aliphatic heterocycles. The van der Waals surface area contributed by atoms with Crippen LogP contribution >= 0.6 is 11.6 Å². The van der Waals surface area contributed by atoms with E-state index in [1.807, 2.05) is 0 Å². The topological polar surface area (TPSA) is 140 Å². The van der Waals surface area contributed by atoms with Gasteiger partial charge in [0.2, 0.25) is 16.8 Å². The van der Waals surface area contributed by atoms with Crippen molar-refractivity contribution in [1.82, 2.24) is 9.73 Å². The number of benzene rings is 2. The lowest BCUT2D eigenvalue weighted by Gasteiger charge is -2.22. The highest BCUT2D eigenvalue weighted by Crippen LogP contribution is 2.37. The summed E-state index contributed by atoms with van der Waals surface area (Å²) in [5.41, 5.74) is 2.09. The zero-order valence-electron chi connectivity index (χ0n) is 16.4. The Bertz CT molecular complexity index is 1200. The molecule has 1 atom stereocenters. The van der Waals surface area contributed by atoms with Crippen LogP contribution in [0.3, 0.4) is 0 Å². The summed E-state index contributed by atoms with van der Waals surface area (Å²) in [6.45, 7) is 0.129. The van der Waals surface area contributed by atoms with E-state index in [9.17, 15) is 23.3 Å². The Labute approximate surface area is 187 Å². The summed E-state index contributed by atoms with van der Waals surface area (Å²) < 4.78 is 37.3. The number of nitro groups is 1. The normalized spacial score (nSPS) is 18.2. The van der Waals surface area contributed by atoms with Crippen LogP contribution in [0.2, 0.25) is 5.02 Å². The van der Waals surface area contributed by atoms with Crippen LogP contribution in [-0.2, 0) is 14.8 Å². The predicted molar refractivity (Wildman–Crippen MR) is 113 cm³/mol. The minimum Gasteiger partial charge on any atom is -0.454 e. The summed E-state index contributed by atoms with van der Waals surface area (Å²) >= 11 is 5.82. The van der Waals surface area contributed by atoms with E-state index < -0.39 is 26.9 Å². The van der Waals surface area contributed by atoms with Crippen molar-refractivity contribution < 1.29 is 27.6 Å². The number of ether oxygens (including phenoxy) is 2. The lowest BCUT2D eigenvalue weighted by Crippen LogP contribution is -2.44. The van der Waals surface area contributed by atoms with E-state index in [0.29, 0.717) is 23.6 Å². The van der Waals surface area contributed by atoms with Gasteiger partial charge in [0, 0.05) is 11.6 Å². The lowest BCUT2D eigenvalue weighted by molar-refractivity contribution is -0.385. The van der Waals surface area contributed by atoms with Gasteiger partial charge in [0.05, 0.1) is 27.7 Å². The number of nitrogens with one attached hydrogen (secondary N) is 1. The van der Waals surface area contributed by atoms with Gasteiger partial charge in [-0.25, -0.2) is 13.8 Å². The second-order valence-corrected chi connectivity index (χ2v) is 9.31. The summed E-state index contributed by atoms with van der Waals surface area (Å²) in [4.78, 5) is 23.4. The second-order valence-electron chi connectivity index (χ2n) is 6.98. The number of carbonyl (C=O) groups excluding carboxylic acids is 1. The Morgan fingerprint density at radius 1 is 1.25 bits per heavy atom. The van der Waals surface area contributed by atoms with Crippen LogP contribution in [0.25, 0.3) is 0 Å². The molecule has 2 aromatic rings. The molecule has 2 heterocycles. The lowest BCUT2D eigenvalue weighted by atomic mass is 10.1. The van der Waals surface area contributed by atoms with Crippen molar-refractivity contribution in [3.63, 3.8) is 0 Å². The molecule has 13 heteroatoms. The smallest absolute Gasteiger partial charge is 0.282 e. The summed E-state index contributed by atoms with van der Waals surface area (Å²) in [6.07, 6.45) is 1.92. The molecule has 0 aliphatic carbocycles. The Morgan fingerprint density at radius 3 is 2.62 bits per heavy atom. The first-order valence-corrected chi connectivity index (χ1v) is 11.3. The Balaban J connectivity index is 1.50. The number of rotatable bonds is 6. The highest BCUT2D eigenvalue weighted by molar-refractivity contribution is 7.89. The Morgan fingerprint density at radius 2 is 1.94 bits per heavy atom. The third-order valence-electron chi connectivity index (χ3n) is 5.02. The van der Waals surface area contributed by atoms with E-state index in [1.165, 1.54) is 36.4 Å². The average molecular weight is 481 g/mol. The van der Waals surface area contributed by atoms with Crippen LogP contribution in [-0.4, -0.2) is 49.1 Å². The summed E-state index contributed by atoms with van der Waals surface area (Å²) in [5.74, 6) is -0.0778. The number of nitrogens with zero attached hydrogens (tertiary/aromatic N) is 3. The quantitative estimate of drug-likeness (QED) is 0.380. The van der Waals surface area contributed by atoms with E-state index in [-0.39, 0.29) is 35.2 Å². The van der Waals surface area contributed by atoms with Gasteiger partial charge >= 0.3 is 0 Å². The summed E-state index contributed by atoms with van der Waals surface area (Å²) in [6, 6.07) is 7.31. The van der Waals surface area contributed by atoms with Gasteiger partial charge < -0.3 is 9.47 Å². The number of carbonyl (C=O) groups is 1. The van der Waals surface area contributed by atoms with Gasteiger partial charge in [-0.2, -0.15) is 9.41 Å². The monoisotopic (exact) mass is 480 g/mol. The summed E-state index contributed by atoms with van der Waals surface area (Å²) in [5, 5.41) is 15.5. The van der Waals surface area contributed by atoms with Crippen molar-refractivity contribution in [2.45, 2.75) is 23.8 Å².